The van der Waals surface area contributed by atoms with Crippen molar-refractivity contribution in [3.05, 3.63) is 17.5 Å². The molecule has 1 aromatic heterocycles. The highest BCUT2D eigenvalue weighted by molar-refractivity contribution is 6.18. The number of anilines is 1. The summed E-state index contributed by atoms with van der Waals surface area (Å²) in [6.45, 7) is 7.23. The quantitative estimate of drug-likeness (QED) is 0.812. The molecular weight excluding hydrogens is 270 g/mol. The third-order valence-electron chi connectivity index (χ3n) is 4.28. The van der Waals surface area contributed by atoms with Crippen LogP contribution in [0, 0.1) is 12.3 Å². The number of aromatic nitrogens is 2. The molecule has 1 fully saturated rings. The third-order valence-corrected chi connectivity index (χ3v) is 4.85. The lowest BCUT2D eigenvalue weighted by Gasteiger charge is -2.35. The lowest BCUT2D eigenvalue weighted by atomic mass is 9.75. The Labute approximate surface area is 127 Å². The Morgan fingerprint density at radius 2 is 1.95 bits per heavy atom. The Kier molecular flexibility index (Phi) is 5.25. The molecule has 1 aliphatic carbocycles. The van der Waals surface area contributed by atoms with Gasteiger partial charge in [-0.05, 0) is 31.7 Å². The predicted octanol–water partition coefficient (Wildman–Crippen LogP) is 4.51. The minimum atomic E-state index is 0.227. The van der Waals surface area contributed by atoms with Crippen molar-refractivity contribution in [2.75, 3.05) is 17.7 Å². The molecular formula is C16H26ClN3. The molecule has 0 bridgehead atoms. The molecule has 112 valence electrons. The summed E-state index contributed by atoms with van der Waals surface area (Å²) in [7, 11) is 0. The fourth-order valence-corrected chi connectivity index (χ4v) is 3.26. The largest absolute Gasteiger partial charge is 0.354 e. The van der Waals surface area contributed by atoms with Gasteiger partial charge in [0, 0.05) is 29.2 Å². The van der Waals surface area contributed by atoms with Crippen molar-refractivity contribution in [3.63, 3.8) is 0 Å². The summed E-state index contributed by atoms with van der Waals surface area (Å²) in [6, 6.07) is 2.06. The molecule has 1 aromatic rings. The fourth-order valence-electron chi connectivity index (χ4n) is 2.89. The predicted molar refractivity (Wildman–Crippen MR) is 85.6 cm³/mol. The Hall–Kier alpha value is -0.830. The van der Waals surface area contributed by atoms with E-state index in [0.717, 1.165) is 29.8 Å². The van der Waals surface area contributed by atoms with Gasteiger partial charge in [-0.25, -0.2) is 9.97 Å². The van der Waals surface area contributed by atoms with Crippen LogP contribution in [-0.4, -0.2) is 22.4 Å². The van der Waals surface area contributed by atoms with Crippen molar-refractivity contribution < 1.29 is 0 Å². The molecule has 2 rings (SSSR count). The highest BCUT2D eigenvalue weighted by atomic mass is 35.5. The average molecular weight is 296 g/mol. The molecule has 4 heteroatoms. The van der Waals surface area contributed by atoms with Crippen LogP contribution in [0.1, 0.15) is 63.3 Å². The third kappa shape index (κ3) is 3.85. The molecule has 3 nitrogen and oxygen atoms in total. The number of hydrogen-bond donors (Lipinski definition) is 1. The topological polar surface area (TPSA) is 37.8 Å². The van der Waals surface area contributed by atoms with Gasteiger partial charge in [0.1, 0.15) is 0 Å². The van der Waals surface area contributed by atoms with Crippen LogP contribution < -0.4 is 5.32 Å². The van der Waals surface area contributed by atoms with Gasteiger partial charge in [0.2, 0.25) is 5.95 Å². The van der Waals surface area contributed by atoms with Gasteiger partial charge >= 0.3 is 0 Å². The molecule has 1 N–H and O–H groups in total. The van der Waals surface area contributed by atoms with E-state index in [1.54, 1.807) is 0 Å². The normalized spacial score (nSPS) is 18.2. The maximum atomic E-state index is 6.24. The zero-order valence-corrected chi connectivity index (χ0v) is 13.6. The van der Waals surface area contributed by atoms with Crippen LogP contribution in [0.2, 0.25) is 0 Å². The summed E-state index contributed by atoms with van der Waals surface area (Å²) in [5, 5.41) is 3.44. The molecule has 0 amide bonds. The van der Waals surface area contributed by atoms with Gasteiger partial charge in [0.05, 0.1) is 0 Å². The summed E-state index contributed by atoms with van der Waals surface area (Å²) in [6.07, 6.45) is 6.36. The van der Waals surface area contributed by atoms with Gasteiger partial charge in [0.15, 0.2) is 0 Å². The smallest absolute Gasteiger partial charge is 0.223 e. The fraction of sp³-hybridized carbons (Fsp3) is 0.750. The lowest BCUT2D eigenvalue weighted by molar-refractivity contribution is 0.237. The van der Waals surface area contributed by atoms with Crippen molar-refractivity contribution in [1.29, 1.82) is 0 Å². The Balaban J connectivity index is 2.06. The minimum Gasteiger partial charge on any atom is -0.354 e. The van der Waals surface area contributed by atoms with Gasteiger partial charge in [-0.1, -0.05) is 33.1 Å². The molecule has 0 spiro atoms. The second-order valence-electron chi connectivity index (χ2n) is 6.46. The molecule has 1 saturated carbocycles. The molecule has 0 atom stereocenters. The van der Waals surface area contributed by atoms with E-state index in [9.17, 15) is 0 Å². The first-order valence-electron chi connectivity index (χ1n) is 7.70. The van der Waals surface area contributed by atoms with Gasteiger partial charge in [-0.3, -0.25) is 0 Å². The summed E-state index contributed by atoms with van der Waals surface area (Å²) >= 11 is 6.24. The summed E-state index contributed by atoms with van der Waals surface area (Å²) in [4.78, 5) is 9.12. The molecule has 1 heterocycles. The molecule has 20 heavy (non-hydrogen) atoms. The second-order valence-corrected chi connectivity index (χ2v) is 6.73. The van der Waals surface area contributed by atoms with Gasteiger partial charge < -0.3 is 5.32 Å². The van der Waals surface area contributed by atoms with Crippen molar-refractivity contribution in [2.45, 2.75) is 58.8 Å². The zero-order valence-electron chi connectivity index (χ0n) is 12.9. The number of nitrogens with zero attached hydrogens (tertiary/aromatic N) is 2. The van der Waals surface area contributed by atoms with Crippen molar-refractivity contribution >= 4 is 17.5 Å². The van der Waals surface area contributed by atoms with E-state index in [2.05, 4.69) is 35.2 Å². The summed E-state index contributed by atoms with van der Waals surface area (Å²) in [5.41, 5.74) is 2.35. The van der Waals surface area contributed by atoms with E-state index in [1.807, 2.05) is 6.92 Å². The van der Waals surface area contributed by atoms with Crippen LogP contribution in [0.5, 0.6) is 0 Å². The number of alkyl halides is 1. The number of hydrogen-bond acceptors (Lipinski definition) is 3. The van der Waals surface area contributed by atoms with Crippen LogP contribution in [0.25, 0.3) is 0 Å². The molecule has 1 aliphatic rings. The van der Waals surface area contributed by atoms with Crippen molar-refractivity contribution in [2.24, 2.45) is 5.41 Å². The minimum absolute atomic E-state index is 0.227. The molecule has 0 aromatic carbocycles. The second kappa shape index (κ2) is 6.75. The maximum absolute atomic E-state index is 6.24. The molecule has 0 saturated heterocycles. The van der Waals surface area contributed by atoms with Gasteiger partial charge in [-0.2, -0.15) is 0 Å². The molecule has 0 radical (unpaired) electrons. The lowest BCUT2D eigenvalue weighted by Crippen LogP contribution is -2.34. The standard InChI is InChI=1S/C16H26ClN3/c1-12(2)14-9-13(3)19-15(20-14)18-11-16(10-17)7-5-4-6-8-16/h9,12H,4-8,10-11H2,1-3H3,(H,18,19,20). The van der Waals surface area contributed by atoms with Crippen molar-refractivity contribution in [3.8, 4) is 0 Å². The van der Waals surface area contributed by atoms with E-state index in [-0.39, 0.29) is 5.41 Å². The number of nitrogens with one attached hydrogen (secondary N) is 1. The van der Waals surface area contributed by atoms with E-state index in [0.29, 0.717) is 5.92 Å². The molecule has 0 unspecified atom stereocenters. The SMILES string of the molecule is Cc1cc(C(C)C)nc(NCC2(CCl)CCCCC2)n1. The Morgan fingerprint density at radius 1 is 1.25 bits per heavy atom. The van der Waals surface area contributed by atoms with Crippen LogP contribution in [-0.2, 0) is 0 Å². The first-order valence-corrected chi connectivity index (χ1v) is 8.23. The maximum Gasteiger partial charge on any atom is 0.223 e. The first kappa shape index (κ1) is 15.6. The Morgan fingerprint density at radius 3 is 2.55 bits per heavy atom. The van der Waals surface area contributed by atoms with Crippen LogP contribution in [0.3, 0.4) is 0 Å². The summed E-state index contributed by atoms with van der Waals surface area (Å²) in [5.74, 6) is 1.90. The van der Waals surface area contributed by atoms with E-state index in [1.165, 1.54) is 32.1 Å². The first-order chi connectivity index (χ1) is 9.54. The summed E-state index contributed by atoms with van der Waals surface area (Å²) < 4.78 is 0. The van der Waals surface area contributed by atoms with Crippen LogP contribution >= 0.6 is 11.6 Å². The number of rotatable bonds is 5. The molecule has 0 aliphatic heterocycles. The van der Waals surface area contributed by atoms with Crippen LogP contribution in [0.4, 0.5) is 5.95 Å². The number of halogens is 1. The van der Waals surface area contributed by atoms with E-state index in [4.69, 9.17) is 11.6 Å². The van der Waals surface area contributed by atoms with Crippen molar-refractivity contribution in [1.82, 2.24) is 9.97 Å². The van der Waals surface area contributed by atoms with E-state index >= 15 is 0 Å². The monoisotopic (exact) mass is 295 g/mol. The average Bonchev–Trinajstić information content (AvgIpc) is 2.45. The van der Waals surface area contributed by atoms with Gasteiger partial charge in [-0.15, -0.1) is 11.6 Å². The number of aryl methyl sites for hydroxylation is 1. The van der Waals surface area contributed by atoms with E-state index < -0.39 is 0 Å². The highest BCUT2D eigenvalue weighted by Gasteiger charge is 2.31. The van der Waals surface area contributed by atoms with Crippen LogP contribution in [0.15, 0.2) is 6.07 Å². The highest BCUT2D eigenvalue weighted by Crippen LogP contribution is 2.37. The Bertz CT molecular complexity index is 439. The zero-order chi connectivity index (χ0) is 14.6. The van der Waals surface area contributed by atoms with Gasteiger partial charge in [0.25, 0.3) is 0 Å².